The molecule has 7 nitrogen and oxygen atoms in total. The second kappa shape index (κ2) is 6.89. The maximum atomic E-state index is 9.19. The molecule has 0 spiro atoms. The van der Waals surface area contributed by atoms with Crippen LogP contribution in [0.5, 0.6) is 0 Å². The molecule has 0 bridgehead atoms. The molecule has 4 N–H and O–H groups in total. The summed E-state index contributed by atoms with van der Waals surface area (Å²) in [5, 5.41) is 12.4. The Kier molecular flexibility index (Phi) is 4.68. The largest absolute Gasteiger partial charge is 0.395 e. The summed E-state index contributed by atoms with van der Waals surface area (Å²) in [7, 11) is 0. The van der Waals surface area contributed by atoms with Gasteiger partial charge in [-0.2, -0.15) is 15.0 Å². The Morgan fingerprint density at radius 2 is 2.04 bits per heavy atom. The molecule has 0 atom stereocenters. The van der Waals surface area contributed by atoms with Gasteiger partial charge in [-0.3, -0.25) is 4.90 Å². The van der Waals surface area contributed by atoms with Crippen LogP contribution in [0.3, 0.4) is 0 Å². The highest BCUT2D eigenvalue weighted by Crippen LogP contribution is 2.27. The zero-order chi connectivity index (χ0) is 16.2. The van der Waals surface area contributed by atoms with E-state index in [4.69, 9.17) is 5.73 Å². The molecule has 0 radical (unpaired) electrons. The summed E-state index contributed by atoms with van der Waals surface area (Å²) in [6.07, 6.45) is 2.32. The molecule has 1 fully saturated rings. The van der Waals surface area contributed by atoms with Gasteiger partial charge in [-0.1, -0.05) is 18.2 Å². The van der Waals surface area contributed by atoms with Gasteiger partial charge in [0.25, 0.3) is 0 Å². The number of hydrogen-bond donors (Lipinski definition) is 3. The summed E-state index contributed by atoms with van der Waals surface area (Å²) in [4.78, 5) is 15.0. The number of anilines is 3. The molecule has 1 saturated carbocycles. The van der Waals surface area contributed by atoms with E-state index in [9.17, 15) is 5.11 Å². The molecule has 7 heteroatoms. The van der Waals surface area contributed by atoms with Crippen LogP contribution in [-0.4, -0.2) is 44.2 Å². The van der Waals surface area contributed by atoms with Gasteiger partial charge in [0.05, 0.1) is 13.2 Å². The highest BCUT2D eigenvalue weighted by atomic mass is 16.3. The van der Waals surface area contributed by atoms with Crippen LogP contribution in [0.4, 0.5) is 17.6 Å². The minimum Gasteiger partial charge on any atom is -0.395 e. The van der Waals surface area contributed by atoms with Crippen molar-refractivity contribution in [3.05, 3.63) is 35.7 Å². The zero-order valence-electron chi connectivity index (χ0n) is 13.2. The van der Waals surface area contributed by atoms with Crippen molar-refractivity contribution in [1.82, 2.24) is 19.9 Å². The highest BCUT2D eigenvalue weighted by Gasteiger charge is 2.29. The van der Waals surface area contributed by atoms with Gasteiger partial charge in [0.1, 0.15) is 5.82 Å². The molecule has 23 heavy (non-hydrogen) atoms. The lowest BCUT2D eigenvalue weighted by Gasteiger charge is -2.20. The molecule has 1 aliphatic carbocycles. The van der Waals surface area contributed by atoms with E-state index >= 15 is 0 Å². The van der Waals surface area contributed by atoms with Crippen LogP contribution >= 0.6 is 0 Å². The number of nitrogens with zero attached hydrogens (tertiary/aromatic N) is 4. The topological polar surface area (TPSA) is 100 Å². The third-order valence-corrected chi connectivity index (χ3v) is 3.89. The van der Waals surface area contributed by atoms with Crippen molar-refractivity contribution in [3.8, 4) is 0 Å². The molecule has 1 aliphatic rings. The van der Waals surface area contributed by atoms with Crippen LogP contribution in [0, 0.1) is 6.92 Å². The average molecular weight is 314 g/mol. The molecular formula is C16H22N6O. The molecule has 0 saturated heterocycles. The first-order chi connectivity index (χ1) is 11.2. The number of benzene rings is 1. The van der Waals surface area contributed by atoms with Crippen molar-refractivity contribution in [2.45, 2.75) is 32.4 Å². The van der Waals surface area contributed by atoms with Crippen LogP contribution in [0.25, 0.3) is 0 Å². The second-order valence-electron chi connectivity index (χ2n) is 5.80. The van der Waals surface area contributed by atoms with Crippen molar-refractivity contribution in [2.24, 2.45) is 0 Å². The molecule has 3 rings (SSSR count). The number of rotatable bonds is 7. The van der Waals surface area contributed by atoms with Crippen LogP contribution < -0.4 is 11.1 Å². The standard InChI is InChI=1S/C16H22N6O/c1-11-4-2-3-5-13(11)18-16-20-14(19-15(17)21-16)10-22(8-9-23)12-6-7-12/h2-5,12,23H,6-10H2,1H3,(H3,17,18,19,20,21). The Bertz CT molecular complexity index is 673. The number of nitrogens with two attached hydrogens (primary N) is 1. The summed E-state index contributed by atoms with van der Waals surface area (Å²) in [5.41, 5.74) is 7.87. The number of nitrogen functional groups attached to an aromatic ring is 1. The van der Waals surface area contributed by atoms with Crippen LogP contribution in [0.1, 0.15) is 24.2 Å². The van der Waals surface area contributed by atoms with E-state index in [0.717, 1.165) is 24.1 Å². The van der Waals surface area contributed by atoms with E-state index in [1.165, 1.54) is 0 Å². The van der Waals surface area contributed by atoms with Gasteiger partial charge in [-0.05, 0) is 31.4 Å². The summed E-state index contributed by atoms with van der Waals surface area (Å²) in [5.74, 6) is 1.27. The predicted octanol–water partition coefficient (Wildman–Crippen LogP) is 1.46. The van der Waals surface area contributed by atoms with E-state index in [-0.39, 0.29) is 12.6 Å². The highest BCUT2D eigenvalue weighted by molar-refractivity contribution is 5.58. The number of para-hydroxylation sites is 1. The average Bonchev–Trinajstić information content (AvgIpc) is 3.33. The lowest BCUT2D eigenvalue weighted by atomic mass is 10.2. The number of nitrogens with one attached hydrogen (secondary N) is 1. The van der Waals surface area contributed by atoms with Crippen molar-refractivity contribution in [2.75, 3.05) is 24.2 Å². The van der Waals surface area contributed by atoms with Gasteiger partial charge in [0.15, 0.2) is 0 Å². The minimum absolute atomic E-state index is 0.130. The molecule has 2 aromatic rings. The van der Waals surface area contributed by atoms with Gasteiger partial charge in [0.2, 0.25) is 11.9 Å². The Morgan fingerprint density at radius 3 is 2.74 bits per heavy atom. The van der Waals surface area contributed by atoms with Crippen molar-refractivity contribution in [1.29, 1.82) is 0 Å². The van der Waals surface area contributed by atoms with E-state index in [2.05, 4.69) is 25.2 Å². The molecule has 1 heterocycles. The quantitative estimate of drug-likeness (QED) is 0.711. The third kappa shape index (κ3) is 4.14. The van der Waals surface area contributed by atoms with Gasteiger partial charge in [-0.25, -0.2) is 0 Å². The molecule has 1 aromatic heterocycles. The second-order valence-corrected chi connectivity index (χ2v) is 5.80. The van der Waals surface area contributed by atoms with E-state index in [1.807, 2.05) is 31.2 Å². The third-order valence-electron chi connectivity index (χ3n) is 3.89. The predicted molar refractivity (Wildman–Crippen MR) is 89.2 cm³/mol. The smallest absolute Gasteiger partial charge is 0.232 e. The molecule has 0 unspecified atom stereocenters. The SMILES string of the molecule is Cc1ccccc1Nc1nc(N)nc(CN(CCO)C2CC2)n1. The van der Waals surface area contributed by atoms with E-state index in [1.54, 1.807) is 0 Å². The van der Waals surface area contributed by atoms with Gasteiger partial charge < -0.3 is 16.2 Å². The fourth-order valence-electron chi connectivity index (χ4n) is 2.54. The van der Waals surface area contributed by atoms with E-state index < -0.39 is 0 Å². The van der Waals surface area contributed by atoms with E-state index in [0.29, 0.717) is 30.9 Å². The summed E-state index contributed by atoms with van der Waals surface area (Å²) >= 11 is 0. The van der Waals surface area contributed by atoms with Crippen molar-refractivity contribution in [3.63, 3.8) is 0 Å². The minimum atomic E-state index is 0.130. The first-order valence-corrected chi connectivity index (χ1v) is 7.83. The molecule has 0 amide bonds. The Labute approximate surface area is 135 Å². The van der Waals surface area contributed by atoms with Gasteiger partial charge in [-0.15, -0.1) is 0 Å². The lowest BCUT2D eigenvalue weighted by Crippen LogP contribution is -2.29. The van der Waals surface area contributed by atoms with Crippen molar-refractivity contribution >= 4 is 17.6 Å². The maximum absolute atomic E-state index is 9.19. The molecule has 1 aromatic carbocycles. The fourth-order valence-corrected chi connectivity index (χ4v) is 2.54. The number of aromatic nitrogens is 3. The Balaban J connectivity index is 1.77. The van der Waals surface area contributed by atoms with Gasteiger partial charge >= 0.3 is 0 Å². The normalized spacial score (nSPS) is 14.2. The van der Waals surface area contributed by atoms with Crippen LogP contribution in [0.2, 0.25) is 0 Å². The summed E-state index contributed by atoms with van der Waals surface area (Å²) < 4.78 is 0. The van der Waals surface area contributed by atoms with Crippen LogP contribution in [0.15, 0.2) is 24.3 Å². The first-order valence-electron chi connectivity index (χ1n) is 7.83. The van der Waals surface area contributed by atoms with Crippen molar-refractivity contribution < 1.29 is 5.11 Å². The zero-order valence-corrected chi connectivity index (χ0v) is 13.2. The molecular weight excluding hydrogens is 292 g/mol. The number of hydrogen-bond acceptors (Lipinski definition) is 7. The number of aliphatic hydroxyl groups excluding tert-OH is 1. The maximum Gasteiger partial charge on any atom is 0.232 e. The van der Waals surface area contributed by atoms with Gasteiger partial charge in [0, 0.05) is 18.3 Å². The number of aliphatic hydroxyl groups is 1. The molecule has 122 valence electrons. The number of aryl methyl sites for hydroxylation is 1. The lowest BCUT2D eigenvalue weighted by molar-refractivity contribution is 0.180. The summed E-state index contributed by atoms with van der Waals surface area (Å²) in [6, 6.07) is 8.45. The van der Waals surface area contributed by atoms with Crippen LogP contribution in [-0.2, 0) is 6.54 Å². The Morgan fingerprint density at radius 1 is 1.26 bits per heavy atom. The summed E-state index contributed by atoms with van der Waals surface area (Å²) in [6.45, 7) is 3.34. The molecule has 0 aliphatic heterocycles. The Hall–Kier alpha value is -2.25. The first kappa shape index (κ1) is 15.6. The monoisotopic (exact) mass is 314 g/mol. The fraction of sp³-hybridized carbons (Fsp3) is 0.438.